The smallest absolute Gasteiger partial charge is 0.258 e. The number of para-hydroxylation sites is 1. The molecule has 1 atom stereocenters. The molecule has 0 spiro atoms. The van der Waals surface area contributed by atoms with Gasteiger partial charge in [-0.25, -0.2) is 4.98 Å². The Morgan fingerprint density at radius 1 is 1.14 bits per heavy atom. The van der Waals surface area contributed by atoms with Gasteiger partial charge in [-0.1, -0.05) is 24.3 Å². The maximum absolute atomic E-state index is 12.2. The minimum Gasteiger partial charge on any atom is -0.490 e. The number of ether oxygens (including phenoxy) is 1. The van der Waals surface area contributed by atoms with E-state index in [-0.39, 0.29) is 12.2 Å². The first kappa shape index (κ1) is 20.0. The van der Waals surface area contributed by atoms with Gasteiger partial charge < -0.3 is 14.8 Å². The SMILES string of the molecule is Cc1ccc(C)c(OCC(O)CN(C)Cc2nc3ccccc3c(=O)[nH]2)c1C. The van der Waals surface area contributed by atoms with Crippen LogP contribution in [0.2, 0.25) is 0 Å². The minimum atomic E-state index is -0.656. The summed E-state index contributed by atoms with van der Waals surface area (Å²) < 4.78 is 5.89. The Labute approximate surface area is 164 Å². The molecule has 0 amide bonds. The Morgan fingerprint density at radius 2 is 1.86 bits per heavy atom. The summed E-state index contributed by atoms with van der Waals surface area (Å²) in [6.07, 6.45) is -0.656. The molecule has 0 saturated carbocycles. The van der Waals surface area contributed by atoms with Crippen LogP contribution in [-0.2, 0) is 6.54 Å². The molecule has 0 aliphatic carbocycles. The maximum Gasteiger partial charge on any atom is 0.258 e. The van der Waals surface area contributed by atoms with Crippen molar-refractivity contribution in [1.82, 2.24) is 14.9 Å². The lowest BCUT2D eigenvalue weighted by Crippen LogP contribution is -2.33. The molecule has 3 aromatic rings. The number of hydrogen-bond donors (Lipinski definition) is 2. The number of H-pyrrole nitrogens is 1. The molecule has 6 nitrogen and oxygen atoms in total. The van der Waals surface area contributed by atoms with Crippen LogP contribution < -0.4 is 10.3 Å². The molecule has 0 radical (unpaired) electrons. The summed E-state index contributed by atoms with van der Waals surface area (Å²) in [5, 5.41) is 11.0. The fraction of sp³-hybridized carbons (Fsp3) is 0.364. The van der Waals surface area contributed by atoms with Gasteiger partial charge in [0.15, 0.2) is 0 Å². The van der Waals surface area contributed by atoms with E-state index in [9.17, 15) is 9.90 Å². The maximum atomic E-state index is 12.2. The first-order chi connectivity index (χ1) is 13.3. The number of benzene rings is 2. The third-order valence-corrected chi connectivity index (χ3v) is 4.90. The molecule has 3 rings (SSSR count). The van der Waals surface area contributed by atoms with Crippen molar-refractivity contribution in [3.8, 4) is 5.75 Å². The van der Waals surface area contributed by atoms with Crippen LogP contribution in [0.15, 0.2) is 41.2 Å². The minimum absolute atomic E-state index is 0.150. The lowest BCUT2D eigenvalue weighted by atomic mass is 10.1. The first-order valence-corrected chi connectivity index (χ1v) is 9.39. The van der Waals surface area contributed by atoms with Crippen LogP contribution >= 0.6 is 0 Å². The van der Waals surface area contributed by atoms with E-state index in [1.54, 1.807) is 6.07 Å². The van der Waals surface area contributed by atoms with Crippen molar-refractivity contribution in [1.29, 1.82) is 0 Å². The third-order valence-electron chi connectivity index (χ3n) is 4.90. The lowest BCUT2D eigenvalue weighted by Gasteiger charge is -2.21. The topological polar surface area (TPSA) is 78.5 Å². The second kappa shape index (κ2) is 8.54. The monoisotopic (exact) mass is 381 g/mol. The van der Waals surface area contributed by atoms with E-state index >= 15 is 0 Å². The normalized spacial score (nSPS) is 12.5. The van der Waals surface area contributed by atoms with E-state index in [0.29, 0.717) is 29.8 Å². The molecular weight excluding hydrogens is 354 g/mol. The lowest BCUT2D eigenvalue weighted by molar-refractivity contribution is 0.0732. The zero-order valence-corrected chi connectivity index (χ0v) is 16.8. The summed E-state index contributed by atoms with van der Waals surface area (Å²) in [6.45, 7) is 7.11. The van der Waals surface area contributed by atoms with E-state index in [1.165, 1.54) is 5.56 Å². The van der Waals surface area contributed by atoms with E-state index < -0.39 is 6.10 Å². The number of rotatable bonds is 7. The highest BCUT2D eigenvalue weighted by Gasteiger charge is 2.13. The van der Waals surface area contributed by atoms with Crippen LogP contribution in [-0.4, -0.2) is 46.3 Å². The molecule has 1 unspecified atom stereocenters. The predicted molar refractivity (Wildman–Crippen MR) is 111 cm³/mol. The molecule has 2 aromatic carbocycles. The van der Waals surface area contributed by atoms with E-state index in [4.69, 9.17) is 4.74 Å². The van der Waals surface area contributed by atoms with Gasteiger partial charge in [-0.05, 0) is 56.6 Å². The van der Waals surface area contributed by atoms with E-state index in [2.05, 4.69) is 16.0 Å². The predicted octanol–water partition coefficient (Wildman–Crippen LogP) is 2.72. The van der Waals surface area contributed by atoms with Crippen LogP contribution in [0.5, 0.6) is 5.75 Å². The van der Waals surface area contributed by atoms with Gasteiger partial charge in [0.1, 0.15) is 24.3 Å². The molecule has 1 heterocycles. The Kier molecular flexibility index (Phi) is 6.11. The van der Waals surface area contributed by atoms with Crippen LogP contribution in [0.25, 0.3) is 10.9 Å². The summed E-state index contributed by atoms with van der Waals surface area (Å²) >= 11 is 0. The molecular formula is C22H27N3O3. The zero-order valence-electron chi connectivity index (χ0n) is 16.8. The summed E-state index contributed by atoms with van der Waals surface area (Å²) in [4.78, 5) is 21.4. The number of nitrogens with zero attached hydrogens (tertiary/aromatic N) is 2. The molecule has 0 aliphatic heterocycles. The fourth-order valence-corrected chi connectivity index (χ4v) is 3.27. The summed E-state index contributed by atoms with van der Waals surface area (Å²) in [5.41, 5.74) is 3.84. The molecule has 0 aliphatic rings. The Morgan fingerprint density at radius 3 is 2.64 bits per heavy atom. The Hall–Kier alpha value is -2.70. The van der Waals surface area contributed by atoms with Gasteiger partial charge in [-0.15, -0.1) is 0 Å². The number of fused-ring (bicyclic) bond motifs is 1. The van der Waals surface area contributed by atoms with Gasteiger partial charge >= 0.3 is 0 Å². The van der Waals surface area contributed by atoms with Gasteiger partial charge in [0.25, 0.3) is 5.56 Å². The average molecular weight is 381 g/mol. The Balaban J connectivity index is 1.60. The van der Waals surface area contributed by atoms with E-state index in [1.807, 2.05) is 57.0 Å². The number of aromatic amines is 1. The van der Waals surface area contributed by atoms with Crippen molar-refractivity contribution < 1.29 is 9.84 Å². The molecule has 2 N–H and O–H groups in total. The number of hydrogen-bond acceptors (Lipinski definition) is 5. The molecule has 0 bridgehead atoms. The number of aliphatic hydroxyl groups excluding tert-OH is 1. The van der Waals surface area contributed by atoms with Crippen LogP contribution in [0, 0.1) is 20.8 Å². The average Bonchev–Trinajstić information content (AvgIpc) is 2.65. The number of likely N-dealkylation sites (N-methyl/N-ethyl adjacent to an activating group) is 1. The van der Waals surface area contributed by atoms with Crippen molar-refractivity contribution in [2.45, 2.75) is 33.4 Å². The molecule has 0 saturated heterocycles. The van der Waals surface area contributed by atoms with Gasteiger partial charge in [0, 0.05) is 6.54 Å². The van der Waals surface area contributed by atoms with Crippen LogP contribution in [0.4, 0.5) is 0 Å². The standard InChI is InChI=1S/C22H27N3O3/c1-14-9-10-15(2)21(16(14)3)28-13-17(26)11-25(4)12-20-23-19-8-6-5-7-18(19)22(27)24-20/h5-10,17,26H,11-13H2,1-4H3,(H,23,24,27). The molecule has 0 fully saturated rings. The van der Waals surface area contributed by atoms with E-state index in [0.717, 1.165) is 16.9 Å². The molecule has 148 valence electrons. The quantitative estimate of drug-likeness (QED) is 0.658. The van der Waals surface area contributed by atoms with Crippen molar-refractivity contribution in [2.75, 3.05) is 20.2 Å². The summed E-state index contributed by atoms with van der Waals surface area (Å²) in [6, 6.07) is 11.4. The summed E-state index contributed by atoms with van der Waals surface area (Å²) in [5.74, 6) is 1.41. The molecule has 6 heteroatoms. The van der Waals surface area contributed by atoms with Crippen molar-refractivity contribution in [3.63, 3.8) is 0 Å². The number of aliphatic hydroxyl groups is 1. The largest absolute Gasteiger partial charge is 0.490 e. The fourth-order valence-electron chi connectivity index (χ4n) is 3.27. The molecule has 1 aromatic heterocycles. The zero-order chi connectivity index (χ0) is 20.3. The highest BCUT2D eigenvalue weighted by Crippen LogP contribution is 2.25. The first-order valence-electron chi connectivity index (χ1n) is 9.39. The van der Waals surface area contributed by atoms with Crippen molar-refractivity contribution in [3.05, 3.63) is 69.3 Å². The van der Waals surface area contributed by atoms with Gasteiger partial charge in [-0.3, -0.25) is 9.69 Å². The van der Waals surface area contributed by atoms with Crippen molar-refractivity contribution >= 4 is 10.9 Å². The highest BCUT2D eigenvalue weighted by atomic mass is 16.5. The van der Waals surface area contributed by atoms with Gasteiger partial charge in [0.05, 0.1) is 17.4 Å². The molecule has 28 heavy (non-hydrogen) atoms. The second-order valence-corrected chi connectivity index (χ2v) is 7.34. The van der Waals surface area contributed by atoms with Gasteiger partial charge in [-0.2, -0.15) is 0 Å². The van der Waals surface area contributed by atoms with Crippen molar-refractivity contribution in [2.24, 2.45) is 0 Å². The van der Waals surface area contributed by atoms with Gasteiger partial charge in [0.2, 0.25) is 0 Å². The highest BCUT2D eigenvalue weighted by molar-refractivity contribution is 5.77. The summed E-state index contributed by atoms with van der Waals surface area (Å²) in [7, 11) is 1.88. The number of aromatic nitrogens is 2. The number of aryl methyl sites for hydroxylation is 2. The van der Waals surface area contributed by atoms with Crippen LogP contribution in [0.1, 0.15) is 22.5 Å². The Bertz CT molecular complexity index is 1030. The second-order valence-electron chi connectivity index (χ2n) is 7.34. The van der Waals surface area contributed by atoms with Crippen LogP contribution in [0.3, 0.4) is 0 Å². The number of nitrogens with one attached hydrogen (secondary N) is 1. The third kappa shape index (κ3) is 4.58.